The van der Waals surface area contributed by atoms with Gasteiger partial charge < -0.3 is 19.8 Å². The second-order valence-corrected chi connectivity index (χ2v) is 10.7. The van der Waals surface area contributed by atoms with Crippen molar-refractivity contribution in [2.24, 2.45) is 0 Å². The molecule has 1 aromatic heterocycles. The van der Waals surface area contributed by atoms with Crippen molar-refractivity contribution in [3.8, 4) is 0 Å². The van der Waals surface area contributed by atoms with Gasteiger partial charge in [-0.1, -0.05) is 24.6 Å². The molecule has 3 atom stereocenters. The molecule has 2 aliphatic heterocycles. The van der Waals surface area contributed by atoms with E-state index in [9.17, 15) is 14.3 Å². The van der Waals surface area contributed by atoms with Gasteiger partial charge in [-0.05, 0) is 37.1 Å². The molecule has 3 aliphatic rings. The minimum atomic E-state index is -0.547. The fourth-order valence-corrected chi connectivity index (χ4v) is 5.77. The van der Waals surface area contributed by atoms with Gasteiger partial charge in [0.05, 0.1) is 22.7 Å². The van der Waals surface area contributed by atoms with E-state index in [1.54, 1.807) is 12.1 Å². The minimum Gasteiger partial charge on any atom is -0.387 e. The maximum Gasteiger partial charge on any atom is 0.231 e. The van der Waals surface area contributed by atoms with Crippen molar-refractivity contribution in [2.75, 3.05) is 70.9 Å². The van der Waals surface area contributed by atoms with Crippen LogP contribution in [0.4, 0.5) is 10.2 Å². The van der Waals surface area contributed by atoms with Gasteiger partial charge in [0.2, 0.25) is 5.91 Å². The number of hydrogen-bond acceptors (Lipinski definition) is 7. The number of rotatable bonds is 5. The Kier molecular flexibility index (Phi) is 7.44. The molecule has 8 nitrogen and oxygen atoms in total. The number of benzene rings is 1. The molecule has 0 spiro atoms. The Balaban J connectivity index is 1.31. The summed E-state index contributed by atoms with van der Waals surface area (Å²) in [5.74, 6) is 0.129. The molecule has 0 saturated carbocycles. The summed E-state index contributed by atoms with van der Waals surface area (Å²) in [6, 6.07) is 4.73. The molecule has 1 N–H and O–H groups in total. The van der Waals surface area contributed by atoms with Crippen LogP contribution in [0.2, 0.25) is 5.02 Å². The SMILES string of the molecule is C[C@@H]1C[C@@H](O)c2ncnc(N3CCN(C(=O)C(CN4CCN(C)CC4)c4ccc(Cl)c(F)c4)CC3)c21. The maximum atomic E-state index is 14.4. The number of hydrogen-bond donors (Lipinski definition) is 1. The summed E-state index contributed by atoms with van der Waals surface area (Å²) >= 11 is 5.94. The van der Waals surface area contributed by atoms with Crippen LogP contribution in [0.3, 0.4) is 0 Å². The van der Waals surface area contributed by atoms with E-state index in [2.05, 4.69) is 38.6 Å². The summed E-state index contributed by atoms with van der Waals surface area (Å²) in [5, 5.41) is 10.4. The van der Waals surface area contributed by atoms with Crippen LogP contribution in [0.1, 0.15) is 48.1 Å². The van der Waals surface area contributed by atoms with Crippen LogP contribution in [0.25, 0.3) is 0 Å². The summed E-state index contributed by atoms with van der Waals surface area (Å²) < 4.78 is 14.4. The van der Waals surface area contributed by atoms with E-state index in [1.807, 2.05) is 4.90 Å². The molecule has 36 heavy (non-hydrogen) atoms. The van der Waals surface area contributed by atoms with Crippen molar-refractivity contribution in [3.05, 3.63) is 52.2 Å². The Morgan fingerprint density at radius 1 is 1.14 bits per heavy atom. The molecule has 10 heteroatoms. The first kappa shape index (κ1) is 25.3. The highest BCUT2D eigenvalue weighted by Gasteiger charge is 2.35. The predicted molar refractivity (Wildman–Crippen MR) is 137 cm³/mol. The number of anilines is 1. The van der Waals surface area contributed by atoms with Gasteiger partial charge in [-0.15, -0.1) is 0 Å². The van der Waals surface area contributed by atoms with Crippen molar-refractivity contribution in [1.82, 2.24) is 24.7 Å². The molecule has 1 unspecified atom stereocenters. The molecular formula is C26H34ClFN6O2. The molecule has 1 aliphatic carbocycles. The van der Waals surface area contributed by atoms with Crippen molar-refractivity contribution in [3.63, 3.8) is 0 Å². The zero-order valence-electron chi connectivity index (χ0n) is 20.9. The quantitative estimate of drug-likeness (QED) is 0.654. The topological polar surface area (TPSA) is 76.0 Å². The molecule has 5 rings (SSSR count). The first-order valence-electron chi connectivity index (χ1n) is 12.7. The van der Waals surface area contributed by atoms with E-state index >= 15 is 0 Å². The Morgan fingerprint density at radius 2 is 1.86 bits per heavy atom. The molecule has 0 bridgehead atoms. The second-order valence-electron chi connectivity index (χ2n) is 10.3. The number of aromatic nitrogens is 2. The molecule has 0 radical (unpaired) electrons. The lowest BCUT2D eigenvalue weighted by Gasteiger charge is -2.39. The first-order valence-corrected chi connectivity index (χ1v) is 13.1. The number of nitrogens with zero attached hydrogens (tertiary/aromatic N) is 6. The highest BCUT2D eigenvalue weighted by molar-refractivity contribution is 6.30. The van der Waals surface area contributed by atoms with Gasteiger partial charge in [-0.3, -0.25) is 9.69 Å². The van der Waals surface area contributed by atoms with Gasteiger partial charge in [0.15, 0.2) is 0 Å². The molecule has 1 amide bonds. The van der Waals surface area contributed by atoms with Crippen LogP contribution in [0, 0.1) is 5.82 Å². The summed E-state index contributed by atoms with van der Waals surface area (Å²) in [7, 11) is 2.10. The zero-order valence-corrected chi connectivity index (χ0v) is 21.7. The van der Waals surface area contributed by atoms with Crippen LogP contribution in [0.5, 0.6) is 0 Å². The van der Waals surface area contributed by atoms with Crippen LogP contribution in [0.15, 0.2) is 24.5 Å². The summed E-state index contributed by atoms with van der Waals surface area (Å²) in [6.07, 6.45) is 1.63. The average molecular weight is 517 g/mol. The number of fused-ring (bicyclic) bond motifs is 1. The van der Waals surface area contributed by atoms with E-state index in [1.165, 1.54) is 12.4 Å². The summed E-state index contributed by atoms with van der Waals surface area (Å²) in [4.78, 5) is 31.3. The standard InChI is InChI=1S/C26H34ClFN6O2/c1-17-13-22(35)24-23(17)25(30-16-29-24)33-9-11-34(12-10-33)26(36)19(15-32-7-5-31(2)6-8-32)18-3-4-20(27)21(28)14-18/h3-4,14,16-17,19,22,35H,5-13,15H2,1-2H3/t17-,19?,22-/m1/s1. The largest absolute Gasteiger partial charge is 0.387 e. The third kappa shape index (κ3) is 5.07. The van der Waals surface area contributed by atoms with E-state index in [0.29, 0.717) is 44.7 Å². The van der Waals surface area contributed by atoms with E-state index in [0.717, 1.165) is 43.3 Å². The smallest absolute Gasteiger partial charge is 0.231 e. The van der Waals surface area contributed by atoms with E-state index in [-0.39, 0.29) is 16.8 Å². The van der Waals surface area contributed by atoms with Gasteiger partial charge in [0.1, 0.15) is 18.0 Å². The fourth-order valence-electron chi connectivity index (χ4n) is 5.66. The Labute approximate surface area is 216 Å². The normalized spacial score (nSPS) is 24.1. The van der Waals surface area contributed by atoms with Crippen LogP contribution < -0.4 is 4.90 Å². The number of halogens is 2. The predicted octanol–water partition coefficient (Wildman–Crippen LogP) is 2.49. The lowest BCUT2D eigenvalue weighted by Crippen LogP contribution is -2.52. The molecule has 1 aromatic carbocycles. The summed E-state index contributed by atoms with van der Waals surface area (Å²) in [6.45, 7) is 8.73. The lowest BCUT2D eigenvalue weighted by atomic mass is 9.95. The average Bonchev–Trinajstić information content (AvgIpc) is 3.18. The summed E-state index contributed by atoms with van der Waals surface area (Å²) in [5.41, 5.74) is 2.41. The fraction of sp³-hybridized carbons (Fsp3) is 0.577. The van der Waals surface area contributed by atoms with Gasteiger partial charge >= 0.3 is 0 Å². The van der Waals surface area contributed by atoms with Crippen molar-refractivity contribution >= 4 is 23.3 Å². The highest BCUT2D eigenvalue weighted by Crippen LogP contribution is 2.42. The number of carbonyl (C=O) groups is 1. The van der Waals surface area contributed by atoms with Gasteiger partial charge in [-0.25, -0.2) is 14.4 Å². The minimum absolute atomic E-state index is 0.0204. The number of piperazine rings is 2. The van der Waals surface area contributed by atoms with Crippen molar-refractivity contribution < 1.29 is 14.3 Å². The van der Waals surface area contributed by atoms with E-state index in [4.69, 9.17) is 11.6 Å². The highest BCUT2D eigenvalue weighted by atomic mass is 35.5. The zero-order chi connectivity index (χ0) is 25.4. The molecule has 2 fully saturated rings. The van der Waals surface area contributed by atoms with Gasteiger partial charge in [-0.2, -0.15) is 0 Å². The van der Waals surface area contributed by atoms with Crippen molar-refractivity contribution in [1.29, 1.82) is 0 Å². The number of amides is 1. The van der Waals surface area contributed by atoms with Crippen molar-refractivity contribution in [2.45, 2.75) is 31.3 Å². The van der Waals surface area contributed by atoms with Crippen LogP contribution in [-0.2, 0) is 4.79 Å². The molecule has 2 aromatic rings. The van der Waals surface area contributed by atoms with Crippen LogP contribution >= 0.6 is 11.6 Å². The number of carbonyl (C=O) groups excluding carboxylic acids is 1. The van der Waals surface area contributed by atoms with Gasteiger partial charge in [0, 0.05) is 64.5 Å². The Bertz CT molecular complexity index is 1100. The first-order chi connectivity index (χ1) is 17.3. The number of likely N-dealkylation sites (N-methyl/N-ethyl adjacent to an activating group) is 1. The number of aliphatic hydroxyl groups excluding tert-OH is 1. The Hall–Kier alpha value is -2.33. The maximum absolute atomic E-state index is 14.4. The second kappa shape index (κ2) is 10.6. The number of aliphatic hydroxyl groups is 1. The van der Waals surface area contributed by atoms with E-state index < -0.39 is 17.8 Å². The molecule has 194 valence electrons. The lowest BCUT2D eigenvalue weighted by molar-refractivity contribution is -0.133. The molecular weight excluding hydrogens is 483 g/mol. The molecule has 3 heterocycles. The van der Waals surface area contributed by atoms with Crippen LogP contribution in [-0.4, -0.2) is 102 Å². The third-order valence-electron chi connectivity index (χ3n) is 7.85. The Morgan fingerprint density at radius 3 is 2.56 bits per heavy atom. The third-order valence-corrected chi connectivity index (χ3v) is 8.16. The monoisotopic (exact) mass is 516 g/mol. The molecule has 2 saturated heterocycles. The van der Waals surface area contributed by atoms with Gasteiger partial charge in [0.25, 0.3) is 0 Å².